The molecule has 4 rings (SSSR count). The molecule has 3 aromatic rings. The fourth-order valence-electron chi connectivity index (χ4n) is 4.51. The highest BCUT2D eigenvalue weighted by atomic mass is 79.9. The lowest BCUT2D eigenvalue weighted by atomic mass is 9.86. The maximum Gasteiger partial charge on any atom is 0.266 e. The number of aliphatic imine (C=N–C) groups is 1. The zero-order valence-electron chi connectivity index (χ0n) is 22.9. The number of benzene rings is 3. The zero-order chi connectivity index (χ0) is 28.4. The van der Waals surface area contributed by atoms with Gasteiger partial charge in [0.1, 0.15) is 17.6 Å². The van der Waals surface area contributed by atoms with Gasteiger partial charge in [-0.2, -0.15) is 0 Å². The molecule has 9 heteroatoms. The quantitative estimate of drug-likeness (QED) is 0.182. The van der Waals surface area contributed by atoms with E-state index in [1.165, 1.54) is 0 Å². The number of hydrazine groups is 1. The molecule has 0 saturated heterocycles. The summed E-state index contributed by atoms with van der Waals surface area (Å²) in [5, 5.41) is 8.96. The van der Waals surface area contributed by atoms with Gasteiger partial charge in [0.15, 0.2) is 5.54 Å². The van der Waals surface area contributed by atoms with Crippen LogP contribution in [-0.2, 0) is 22.4 Å². The van der Waals surface area contributed by atoms with Gasteiger partial charge in [-0.15, -0.1) is 0 Å². The zero-order valence-corrected chi connectivity index (χ0v) is 24.4. The smallest absolute Gasteiger partial charge is 0.266 e. The minimum absolute atomic E-state index is 0.0819. The number of aliphatic hydroxyl groups is 1. The van der Waals surface area contributed by atoms with Crippen LogP contribution in [0.4, 0.5) is 0 Å². The Bertz CT molecular complexity index is 1280. The third kappa shape index (κ3) is 7.41. The summed E-state index contributed by atoms with van der Waals surface area (Å²) in [7, 11) is 0. The fourth-order valence-corrected chi connectivity index (χ4v) is 4.78. The molecule has 0 bridgehead atoms. The van der Waals surface area contributed by atoms with E-state index in [1.54, 1.807) is 0 Å². The second kappa shape index (κ2) is 14.3. The summed E-state index contributed by atoms with van der Waals surface area (Å²) in [6.45, 7) is 5.47. The van der Waals surface area contributed by atoms with Crippen LogP contribution >= 0.6 is 15.9 Å². The van der Waals surface area contributed by atoms with Crippen molar-refractivity contribution in [1.29, 1.82) is 0 Å². The van der Waals surface area contributed by atoms with Crippen molar-refractivity contribution in [3.8, 4) is 11.5 Å². The van der Waals surface area contributed by atoms with Crippen LogP contribution in [0.15, 0.2) is 82.3 Å². The molecule has 0 radical (unpaired) electrons. The lowest BCUT2D eigenvalue weighted by molar-refractivity contribution is -0.129. The van der Waals surface area contributed by atoms with Gasteiger partial charge in [0.25, 0.3) is 5.91 Å². The van der Waals surface area contributed by atoms with Crippen molar-refractivity contribution in [2.24, 2.45) is 4.99 Å². The second-order valence-corrected chi connectivity index (χ2v) is 10.4. The predicted molar refractivity (Wildman–Crippen MR) is 159 cm³/mol. The highest BCUT2D eigenvalue weighted by Crippen LogP contribution is 2.33. The number of carbonyl (C=O) groups excluding carboxylic acids is 1. The third-order valence-corrected chi connectivity index (χ3v) is 7.24. The van der Waals surface area contributed by atoms with E-state index in [1.807, 2.05) is 86.6 Å². The Hall–Kier alpha value is -3.40. The molecule has 8 nitrogen and oxygen atoms in total. The molecule has 1 aliphatic heterocycles. The summed E-state index contributed by atoms with van der Waals surface area (Å²) >= 11 is 3.48. The predicted octanol–water partition coefficient (Wildman–Crippen LogP) is 4.62. The van der Waals surface area contributed by atoms with Gasteiger partial charge in [-0.05, 0) is 73.9 Å². The average Bonchev–Trinajstić information content (AvgIpc) is 3.30. The van der Waals surface area contributed by atoms with E-state index < -0.39 is 11.6 Å². The fraction of sp³-hybridized carbons (Fsp3) is 0.355. The molecular formula is C31H36BrN3O5. The van der Waals surface area contributed by atoms with E-state index in [0.29, 0.717) is 50.7 Å². The largest absolute Gasteiger partial charge is 0.494 e. The number of hydrogen-bond acceptors (Lipinski definition) is 7. The standard InChI is InChI=1S/C31H36BrN3O5/c1-3-38-28-8-5-4-7-24(28)17-18-33-35-30(37)31(21-23-9-13-26(32)14-10-23)22(2)40-29(34-31)25-11-15-27(16-12-25)39-20-6-19-36/h4-5,7-16,22,33,36H,3,6,17-21H2,1-2H3,(H,35,37)/t22-,31-/m0/s1. The summed E-state index contributed by atoms with van der Waals surface area (Å²) in [4.78, 5) is 18.7. The number of amides is 1. The lowest BCUT2D eigenvalue weighted by Crippen LogP contribution is -2.56. The molecule has 0 unspecified atom stereocenters. The van der Waals surface area contributed by atoms with Crippen LogP contribution in [0.3, 0.4) is 0 Å². The molecule has 3 N–H and O–H groups in total. The summed E-state index contributed by atoms with van der Waals surface area (Å²) in [6, 6.07) is 23.2. The average molecular weight is 611 g/mol. The van der Waals surface area contributed by atoms with Crippen LogP contribution in [0.25, 0.3) is 0 Å². The highest BCUT2D eigenvalue weighted by molar-refractivity contribution is 9.10. The van der Waals surface area contributed by atoms with Crippen molar-refractivity contribution in [2.45, 2.75) is 44.8 Å². The van der Waals surface area contributed by atoms with Gasteiger partial charge in [0.2, 0.25) is 5.90 Å². The van der Waals surface area contributed by atoms with Crippen molar-refractivity contribution in [3.05, 3.63) is 94.0 Å². The van der Waals surface area contributed by atoms with Crippen molar-refractivity contribution in [3.63, 3.8) is 0 Å². The Balaban J connectivity index is 1.50. The minimum atomic E-state index is -1.17. The van der Waals surface area contributed by atoms with Gasteiger partial charge in [-0.1, -0.05) is 46.3 Å². The number of hydrogen-bond donors (Lipinski definition) is 3. The van der Waals surface area contributed by atoms with E-state index >= 15 is 0 Å². The first kappa shape index (κ1) is 29.6. The summed E-state index contributed by atoms with van der Waals surface area (Å²) in [6.07, 6.45) is 1.11. The lowest BCUT2D eigenvalue weighted by Gasteiger charge is -2.28. The molecular weight excluding hydrogens is 574 g/mol. The number of nitrogens with zero attached hydrogens (tertiary/aromatic N) is 1. The van der Waals surface area contributed by atoms with Gasteiger partial charge >= 0.3 is 0 Å². The Morgan fingerprint density at radius 3 is 2.55 bits per heavy atom. The maximum atomic E-state index is 13.8. The molecule has 40 heavy (non-hydrogen) atoms. The Labute approximate surface area is 243 Å². The van der Waals surface area contributed by atoms with Crippen LogP contribution in [0.1, 0.15) is 37.0 Å². The van der Waals surface area contributed by atoms with E-state index in [4.69, 9.17) is 24.3 Å². The summed E-state index contributed by atoms with van der Waals surface area (Å²) in [5.41, 5.74) is 7.60. The SMILES string of the molecule is CCOc1ccccc1CCNNC(=O)[C@@]1(Cc2ccc(Br)cc2)N=C(c2ccc(OCCCO)cc2)O[C@H]1C. The summed E-state index contributed by atoms with van der Waals surface area (Å²) in [5.74, 6) is 1.69. The monoisotopic (exact) mass is 609 g/mol. The Morgan fingerprint density at radius 2 is 1.82 bits per heavy atom. The van der Waals surface area contributed by atoms with Crippen LogP contribution < -0.4 is 20.3 Å². The molecule has 1 amide bonds. The Morgan fingerprint density at radius 1 is 1.07 bits per heavy atom. The number of rotatable bonds is 14. The first-order valence-electron chi connectivity index (χ1n) is 13.5. The van der Waals surface area contributed by atoms with Crippen molar-refractivity contribution in [1.82, 2.24) is 10.9 Å². The van der Waals surface area contributed by atoms with Gasteiger partial charge in [-0.25, -0.2) is 10.4 Å². The van der Waals surface area contributed by atoms with Crippen molar-refractivity contribution in [2.75, 3.05) is 26.4 Å². The van der Waals surface area contributed by atoms with Crippen molar-refractivity contribution < 1.29 is 24.1 Å². The molecule has 2 atom stereocenters. The van der Waals surface area contributed by atoms with E-state index in [0.717, 1.165) is 26.9 Å². The molecule has 0 aromatic heterocycles. The van der Waals surface area contributed by atoms with Gasteiger partial charge in [-0.3, -0.25) is 10.2 Å². The number of carbonyl (C=O) groups is 1. The maximum absolute atomic E-state index is 13.8. The van der Waals surface area contributed by atoms with E-state index in [9.17, 15) is 4.79 Å². The normalized spacial score (nSPS) is 18.1. The molecule has 1 heterocycles. The van der Waals surface area contributed by atoms with E-state index in [-0.39, 0.29) is 12.5 Å². The first-order chi connectivity index (χ1) is 19.4. The number of para-hydroxylation sites is 1. The van der Waals surface area contributed by atoms with Gasteiger partial charge in [0, 0.05) is 36.0 Å². The second-order valence-electron chi connectivity index (χ2n) is 9.53. The van der Waals surface area contributed by atoms with Crippen LogP contribution in [-0.4, -0.2) is 54.9 Å². The summed E-state index contributed by atoms with van der Waals surface area (Å²) < 4.78 is 18.5. The van der Waals surface area contributed by atoms with E-state index in [2.05, 4.69) is 26.8 Å². The molecule has 3 aromatic carbocycles. The number of aliphatic hydroxyl groups excluding tert-OH is 1. The minimum Gasteiger partial charge on any atom is -0.494 e. The molecule has 0 aliphatic carbocycles. The van der Waals surface area contributed by atoms with Crippen LogP contribution in [0.2, 0.25) is 0 Å². The van der Waals surface area contributed by atoms with Gasteiger partial charge < -0.3 is 19.3 Å². The molecule has 1 aliphatic rings. The number of ether oxygens (including phenoxy) is 3. The molecule has 0 saturated carbocycles. The third-order valence-electron chi connectivity index (χ3n) is 6.71. The molecule has 212 valence electrons. The molecule has 0 fully saturated rings. The number of nitrogens with one attached hydrogen (secondary N) is 2. The van der Waals surface area contributed by atoms with Crippen LogP contribution in [0.5, 0.6) is 11.5 Å². The first-order valence-corrected chi connectivity index (χ1v) is 14.3. The van der Waals surface area contributed by atoms with Crippen molar-refractivity contribution >= 4 is 27.7 Å². The highest BCUT2D eigenvalue weighted by Gasteiger charge is 2.50. The number of halogens is 1. The topological polar surface area (TPSA) is 101 Å². The van der Waals surface area contributed by atoms with Gasteiger partial charge in [0.05, 0.1) is 13.2 Å². The van der Waals surface area contributed by atoms with Crippen LogP contribution in [0, 0.1) is 0 Å². The Kier molecular flexibility index (Phi) is 10.6. The molecule has 0 spiro atoms.